The van der Waals surface area contributed by atoms with Gasteiger partial charge in [0.05, 0.1) is 11.0 Å². The minimum atomic E-state index is -0.155. The number of carbonyl (C=O) groups excluding carboxylic acids is 1. The molecular weight excluding hydrogens is 282 g/mol. The number of aryl methyl sites for hydroxylation is 1. The average Bonchev–Trinajstić information content (AvgIpc) is 2.79. The number of benzene rings is 1. The van der Waals surface area contributed by atoms with Crippen molar-refractivity contribution in [1.82, 2.24) is 14.5 Å². The first-order chi connectivity index (χ1) is 10.7. The Morgan fingerprint density at radius 3 is 2.50 bits per heavy atom. The lowest BCUT2D eigenvalue weighted by molar-refractivity contribution is -0.121. The predicted octanol–water partition coefficient (Wildman–Crippen LogP) is 1.37. The van der Waals surface area contributed by atoms with Crippen LogP contribution in [-0.4, -0.2) is 34.8 Å². The molecule has 0 aliphatic carbocycles. The highest BCUT2D eigenvalue weighted by Crippen LogP contribution is 2.12. The van der Waals surface area contributed by atoms with Crippen molar-refractivity contribution >= 4 is 16.9 Å². The Kier molecular flexibility index (Phi) is 5.77. The molecule has 0 saturated heterocycles. The number of imidazole rings is 1. The first kappa shape index (κ1) is 16.3. The van der Waals surface area contributed by atoms with Crippen LogP contribution in [0.2, 0.25) is 0 Å². The molecule has 0 fully saturated rings. The third kappa shape index (κ3) is 3.57. The molecule has 6 nitrogen and oxygen atoms in total. The molecule has 22 heavy (non-hydrogen) atoms. The smallest absolute Gasteiger partial charge is 0.329 e. The number of nitrogens with one attached hydrogen (secondary N) is 1. The number of amides is 1. The Hall–Kier alpha value is -2.08. The van der Waals surface area contributed by atoms with Crippen LogP contribution < -0.4 is 11.0 Å². The largest absolute Gasteiger partial charge is 0.382 e. The third-order valence-corrected chi connectivity index (χ3v) is 3.53. The van der Waals surface area contributed by atoms with E-state index in [0.717, 1.165) is 17.5 Å². The van der Waals surface area contributed by atoms with Crippen LogP contribution in [0.15, 0.2) is 29.1 Å². The molecule has 0 spiro atoms. The van der Waals surface area contributed by atoms with Crippen molar-refractivity contribution in [3.63, 3.8) is 0 Å². The second-order valence-electron chi connectivity index (χ2n) is 5.00. The van der Waals surface area contributed by atoms with Gasteiger partial charge in [-0.15, -0.1) is 0 Å². The number of carbonyl (C=O) groups is 1. The van der Waals surface area contributed by atoms with E-state index in [1.807, 2.05) is 38.1 Å². The van der Waals surface area contributed by atoms with Crippen molar-refractivity contribution in [1.29, 1.82) is 0 Å². The van der Waals surface area contributed by atoms with Crippen molar-refractivity contribution < 1.29 is 9.53 Å². The number of aromatic nitrogens is 2. The molecule has 120 valence electrons. The molecule has 0 unspecified atom stereocenters. The average molecular weight is 305 g/mol. The molecular formula is C16H23N3O3. The number of rotatable bonds is 8. The van der Waals surface area contributed by atoms with Gasteiger partial charge in [0.2, 0.25) is 5.91 Å². The van der Waals surface area contributed by atoms with Crippen LogP contribution in [0.3, 0.4) is 0 Å². The maximum absolute atomic E-state index is 12.4. The van der Waals surface area contributed by atoms with E-state index >= 15 is 0 Å². The molecule has 0 atom stereocenters. The van der Waals surface area contributed by atoms with E-state index in [9.17, 15) is 9.59 Å². The third-order valence-electron chi connectivity index (χ3n) is 3.53. The van der Waals surface area contributed by atoms with E-state index in [1.165, 1.54) is 4.57 Å². The van der Waals surface area contributed by atoms with Crippen molar-refractivity contribution in [3.05, 3.63) is 34.7 Å². The van der Waals surface area contributed by atoms with Gasteiger partial charge < -0.3 is 10.1 Å². The predicted molar refractivity (Wildman–Crippen MR) is 86.0 cm³/mol. The molecule has 1 aromatic carbocycles. The molecule has 6 heteroatoms. The van der Waals surface area contributed by atoms with E-state index in [-0.39, 0.29) is 18.1 Å². The summed E-state index contributed by atoms with van der Waals surface area (Å²) in [6, 6.07) is 7.53. The van der Waals surface area contributed by atoms with E-state index in [0.29, 0.717) is 26.3 Å². The SMILES string of the molecule is CCOCCCNC(=O)Cn1c(=O)n(CC)c2ccccc21. The summed E-state index contributed by atoms with van der Waals surface area (Å²) in [5.41, 5.74) is 1.51. The summed E-state index contributed by atoms with van der Waals surface area (Å²) in [6.07, 6.45) is 0.769. The Bertz CT molecular complexity index is 687. The van der Waals surface area contributed by atoms with Gasteiger partial charge in [-0.05, 0) is 32.4 Å². The quantitative estimate of drug-likeness (QED) is 0.749. The fraction of sp³-hybridized carbons (Fsp3) is 0.500. The second kappa shape index (κ2) is 7.79. The van der Waals surface area contributed by atoms with Gasteiger partial charge in [0.15, 0.2) is 0 Å². The van der Waals surface area contributed by atoms with Crippen LogP contribution in [-0.2, 0) is 22.6 Å². The lowest BCUT2D eigenvalue weighted by atomic mass is 10.3. The molecule has 0 radical (unpaired) electrons. The molecule has 2 rings (SSSR count). The second-order valence-corrected chi connectivity index (χ2v) is 5.00. The van der Waals surface area contributed by atoms with E-state index in [2.05, 4.69) is 5.32 Å². The summed E-state index contributed by atoms with van der Waals surface area (Å²) in [5, 5.41) is 2.82. The number of ether oxygens (including phenoxy) is 1. The fourth-order valence-electron chi connectivity index (χ4n) is 2.48. The number of nitrogens with zero attached hydrogens (tertiary/aromatic N) is 2. The summed E-state index contributed by atoms with van der Waals surface area (Å²) >= 11 is 0. The summed E-state index contributed by atoms with van der Waals surface area (Å²) in [6.45, 7) is 6.36. The van der Waals surface area contributed by atoms with Gasteiger partial charge in [0, 0.05) is 26.3 Å². The molecule has 1 heterocycles. The van der Waals surface area contributed by atoms with E-state index in [4.69, 9.17) is 4.74 Å². The minimum Gasteiger partial charge on any atom is -0.382 e. The molecule has 2 aromatic rings. The van der Waals surface area contributed by atoms with Crippen molar-refractivity contribution in [2.75, 3.05) is 19.8 Å². The Morgan fingerprint density at radius 1 is 1.18 bits per heavy atom. The van der Waals surface area contributed by atoms with Crippen LogP contribution in [0.5, 0.6) is 0 Å². The first-order valence-electron chi connectivity index (χ1n) is 7.71. The Balaban J connectivity index is 2.07. The molecule has 1 amide bonds. The van der Waals surface area contributed by atoms with Gasteiger partial charge in [0.1, 0.15) is 6.54 Å². The fourth-order valence-corrected chi connectivity index (χ4v) is 2.48. The lowest BCUT2D eigenvalue weighted by Gasteiger charge is -2.06. The van der Waals surface area contributed by atoms with Crippen molar-refractivity contribution in [2.45, 2.75) is 33.4 Å². The summed E-state index contributed by atoms with van der Waals surface area (Å²) in [5.74, 6) is -0.155. The first-order valence-corrected chi connectivity index (χ1v) is 7.71. The highest BCUT2D eigenvalue weighted by Gasteiger charge is 2.13. The van der Waals surface area contributed by atoms with Gasteiger partial charge in [0.25, 0.3) is 0 Å². The highest BCUT2D eigenvalue weighted by molar-refractivity contribution is 5.80. The van der Waals surface area contributed by atoms with E-state index in [1.54, 1.807) is 4.57 Å². The number of para-hydroxylation sites is 2. The van der Waals surface area contributed by atoms with Gasteiger partial charge in [-0.2, -0.15) is 0 Å². The number of fused-ring (bicyclic) bond motifs is 1. The zero-order valence-electron chi connectivity index (χ0n) is 13.2. The van der Waals surface area contributed by atoms with Crippen LogP contribution >= 0.6 is 0 Å². The van der Waals surface area contributed by atoms with E-state index < -0.39 is 0 Å². The minimum absolute atomic E-state index is 0.0426. The number of hydrogen-bond donors (Lipinski definition) is 1. The molecule has 0 saturated carbocycles. The normalized spacial score (nSPS) is 11.0. The Labute approximate surface area is 129 Å². The molecule has 0 aliphatic heterocycles. The van der Waals surface area contributed by atoms with Crippen LogP contribution in [0.25, 0.3) is 11.0 Å². The van der Waals surface area contributed by atoms with Crippen LogP contribution in [0.4, 0.5) is 0 Å². The zero-order valence-corrected chi connectivity index (χ0v) is 13.2. The summed E-state index contributed by atoms with van der Waals surface area (Å²) in [7, 11) is 0. The molecule has 0 aliphatic rings. The van der Waals surface area contributed by atoms with Crippen molar-refractivity contribution in [2.24, 2.45) is 0 Å². The van der Waals surface area contributed by atoms with Gasteiger partial charge in [-0.25, -0.2) is 4.79 Å². The standard InChI is InChI=1S/C16H23N3O3/c1-3-18-13-8-5-6-9-14(13)19(16(18)21)12-15(20)17-10-7-11-22-4-2/h5-6,8-9H,3-4,7,10-12H2,1-2H3,(H,17,20). The van der Waals surface area contributed by atoms with Crippen LogP contribution in [0, 0.1) is 0 Å². The van der Waals surface area contributed by atoms with Crippen molar-refractivity contribution in [3.8, 4) is 0 Å². The zero-order chi connectivity index (χ0) is 15.9. The molecule has 1 aromatic heterocycles. The number of hydrogen-bond acceptors (Lipinski definition) is 3. The maximum Gasteiger partial charge on any atom is 0.329 e. The topological polar surface area (TPSA) is 65.3 Å². The Morgan fingerprint density at radius 2 is 1.86 bits per heavy atom. The van der Waals surface area contributed by atoms with Gasteiger partial charge >= 0.3 is 5.69 Å². The maximum atomic E-state index is 12.4. The summed E-state index contributed by atoms with van der Waals surface area (Å²) < 4.78 is 8.42. The molecule has 1 N–H and O–H groups in total. The summed E-state index contributed by atoms with van der Waals surface area (Å²) in [4.78, 5) is 24.4. The highest BCUT2D eigenvalue weighted by atomic mass is 16.5. The van der Waals surface area contributed by atoms with Crippen LogP contribution in [0.1, 0.15) is 20.3 Å². The lowest BCUT2D eigenvalue weighted by Crippen LogP contribution is -2.33. The van der Waals surface area contributed by atoms with Gasteiger partial charge in [-0.3, -0.25) is 13.9 Å². The molecule has 0 bridgehead atoms. The monoisotopic (exact) mass is 305 g/mol. The van der Waals surface area contributed by atoms with Gasteiger partial charge in [-0.1, -0.05) is 12.1 Å².